The molecular weight excluding hydrogens is 587 g/mol. The number of carbonyl (C=O) groups excluding carboxylic acids is 5. The summed E-state index contributed by atoms with van der Waals surface area (Å²) < 4.78 is 53.8. The molecule has 3 rings (SSSR count). The first-order valence-corrected chi connectivity index (χ1v) is 13.5. The Morgan fingerprint density at radius 3 is 2.32 bits per heavy atom. The monoisotopic (exact) mass is 619 g/mol. The molecule has 0 aliphatic heterocycles. The van der Waals surface area contributed by atoms with E-state index in [-0.39, 0.29) is 19.4 Å². The molecule has 0 unspecified atom stereocenters. The molecule has 0 aliphatic carbocycles. The van der Waals surface area contributed by atoms with Gasteiger partial charge in [-0.2, -0.15) is 13.2 Å². The van der Waals surface area contributed by atoms with E-state index in [4.69, 9.17) is 5.73 Å². The van der Waals surface area contributed by atoms with E-state index in [9.17, 15) is 41.5 Å². The summed E-state index contributed by atoms with van der Waals surface area (Å²) in [6, 6.07) is 6.33. The summed E-state index contributed by atoms with van der Waals surface area (Å²) >= 11 is 0. The fraction of sp³-hybridized carbons (Fsp3) is 0.345. The predicted molar refractivity (Wildman–Crippen MR) is 151 cm³/mol. The Hall–Kier alpha value is -4.95. The Bertz CT molecular complexity index is 1540. The van der Waals surface area contributed by atoms with Crippen molar-refractivity contribution in [3.63, 3.8) is 0 Å². The average molecular weight is 620 g/mol. The van der Waals surface area contributed by atoms with Gasteiger partial charge in [0.1, 0.15) is 17.9 Å². The van der Waals surface area contributed by atoms with Gasteiger partial charge < -0.3 is 32.0 Å². The number of amides is 5. The molecule has 7 N–H and O–H groups in total. The Balaban J connectivity index is 1.63. The Morgan fingerprint density at radius 2 is 1.66 bits per heavy atom. The highest BCUT2D eigenvalue weighted by Crippen LogP contribution is 2.32. The molecule has 44 heavy (non-hydrogen) atoms. The third-order valence-corrected chi connectivity index (χ3v) is 6.61. The van der Waals surface area contributed by atoms with Gasteiger partial charge in [0, 0.05) is 36.5 Å². The first-order valence-electron chi connectivity index (χ1n) is 13.5. The van der Waals surface area contributed by atoms with Gasteiger partial charge in [0.15, 0.2) is 0 Å². The van der Waals surface area contributed by atoms with Crippen LogP contribution >= 0.6 is 0 Å². The first kappa shape index (κ1) is 33.6. The van der Waals surface area contributed by atoms with Crippen molar-refractivity contribution in [1.82, 2.24) is 26.3 Å². The number of fused-ring (bicyclic) bond motifs is 1. The number of hydrogen-bond acceptors (Lipinski definition) is 5. The topological polar surface area (TPSA) is 175 Å². The van der Waals surface area contributed by atoms with E-state index in [0.29, 0.717) is 18.2 Å². The van der Waals surface area contributed by atoms with Crippen LogP contribution in [0.5, 0.6) is 0 Å². The van der Waals surface area contributed by atoms with Crippen molar-refractivity contribution in [1.29, 1.82) is 0 Å². The zero-order chi connectivity index (χ0) is 32.6. The zero-order valence-corrected chi connectivity index (χ0v) is 23.8. The number of nitrogens with one attached hydrogen (secondary N) is 5. The van der Waals surface area contributed by atoms with E-state index in [2.05, 4.69) is 26.3 Å². The van der Waals surface area contributed by atoms with Crippen molar-refractivity contribution >= 4 is 40.4 Å². The molecule has 0 bridgehead atoms. The highest BCUT2D eigenvalue weighted by atomic mass is 19.4. The zero-order valence-electron chi connectivity index (χ0n) is 23.8. The van der Waals surface area contributed by atoms with Gasteiger partial charge in [0.25, 0.3) is 5.91 Å². The summed E-state index contributed by atoms with van der Waals surface area (Å²) in [5.41, 5.74) is 4.30. The van der Waals surface area contributed by atoms with Crippen LogP contribution in [0.25, 0.3) is 10.9 Å². The number of para-hydroxylation sites is 1. The lowest BCUT2D eigenvalue weighted by atomic mass is 10.0. The van der Waals surface area contributed by atoms with Crippen molar-refractivity contribution < 1.29 is 41.5 Å². The van der Waals surface area contributed by atoms with Gasteiger partial charge >= 0.3 is 6.18 Å². The van der Waals surface area contributed by atoms with Crippen molar-refractivity contribution in [3.8, 4) is 0 Å². The fourth-order valence-corrected chi connectivity index (χ4v) is 4.41. The maximum absolute atomic E-state index is 13.7. The van der Waals surface area contributed by atoms with E-state index in [1.807, 2.05) is 24.3 Å². The smallest absolute Gasteiger partial charge is 0.368 e. The number of carbonyl (C=O) groups is 5. The molecule has 3 aromatic rings. The standard InChI is InChI=1S/C29H32F4N6O5/c1-15(2)25(39-26(42)19-12-17(30)7-8-20(19)29(31,32)33)28(44)35-10-9-24(41)38-22(27(43)37-14-23(34)40)11-16-13-36-21-6-4-3-5-18(16)21/h3-8,12-13,15,22,25,36H,9-11,14H2,1-2H3,(H2,34,40)(H,35,44)(H,37,43)(H,38,41)(H,39,42)/t22-,25-/m0/s1/i30-1. The molecule has 0 aliphatic rings. The van der Waals surface area contributed by atoms with Gasteiger partial charge in [0.2, 0.25) is 23.6 Å². The SMILES string of the molecule is CC(C)[C@H](NC(=O)c1cc([18F])ccc1C(F)(F)F)C(=O)NCCC(=O)N[C@@H](Cc1c[nH]c2ccccc12)C(=O)NCC(N)=O. The molecule has 15 heteroatoms. The molecule has 1 heterocycles. The van der Waals surface area contributed by atoms with Gasteiger partial charge in [-0.1, -0.05) is 32.0 Å². The van der Waals surface area contributed by atoms with Crippen LogP contribution < -0.4 is 27.0 Å². The van der Waals surface area contributed by atoms with Crippen molar-refractivity contribution in [2.45, 2.75) is 44.9 Å². The largest absolute Gasteiger partial charge is 0.417 e. The second kappa shape index (κ2) is 14.5. The normalized spacial score (nSPS) is 12.8. The second-order valence-electron chi connectivity index (χ2n) is 10.3. The second-order valence-corrected chi connectivity index (χ2v) is 10.3. The lowest BCUT2D eigenvalue weighted by Crippen LogP contribution is -2.51. The molecule has 2 atom stereocenters. The summed E-state index contributed by atoms with van der Waals surface area (Å²) in [5, 5.41) is 10.4. The molecule has 0 radical (unpaired) electrons. The van der Waals surface area contributed by atoms with Crippen molar-refractivity contribution in [3.05, 3.63) is 71.2 Å². The average Bonchev–Trinajstić information content (AvgIpc) is 3.35. The molecule has 236 valence electrons. The van der Waals surface area contributed by atoms with Gasteiger partial charge in [0.05, 0.1) is 17.7 Å². The van der Waals surface area contributed by atoms with Crippen LogP contribution in [-0.2, 0) is 31.8 Å². The van der Waals surface area contributed by atoms with Gasteiger partial charge in [-0.3, -0.25) is 24.0 Å². The summed E-state index contributed by atoms with van der Waals surface area (Å²) in [6.07, 6.45) is -3.49. The minimum absolute atomic E-state index is 0.0636. The van der Waals surface area contributed by atoms with Crippen LogP contribution in [0.3, 0.4) is 0 Å². The highest BCUT2D eigenvalue weighted by molar-refractivity contribution is 5.99. The van der Waals surface area contributed by atoms with Crippen LogP contribution in [0, 0.1) is 11.7 Å². The Labute approximate surface area is 249 Å². The summed E-state index contributed by atoms with van der Waals surface area (Å²) in [4.78, 5) is 65.2. The maximum atomic E-state index is 13.7. The summed E-state index contributed by atoms with van der Waals surface area (Å²) in [6.45, 7) is 2.37. The number of hydrogen-bond donors (Lipinski definition) is 6. The molecule has 11 nitrogen and oxygen atoms in total. The fourth-order valence-electron chi connectivity index (χ4n) is 4.41. The summed E-state index contributed by atoms with van der Waals surface area (Å²) in [7, 11) is 0. The number of alkyl halides is 3. The minimum Gasteiger partial charge on any atom is -0.368 e. The van der Waals surface area contributed by atoms with Crippen molar-refractivity contribution in [2.24, 2.45) is 11.7 Å². The third-order valence-electron chi connectivity index (χ3n) is 6.61. The van der Waals surface area contributed by atoms with Crippen LogP contribution in [0.1, 0.15) is 41.8 Å². The summed E-state index contributed by atoms with van der Waals surface area (Å²) in [5.74, 6) is -5.83. The Kier molecular flexibility index (Phi) is 11.0. The third kappa shape index (κ3) is 9.02. The van der Waals surface area contributed by atoms with Gasteiger partial charge in [-0.05, 0) is 35.7 Å². The van der Waals surface area contributed by atoms with E-state index in [0.717, 1.165) is 16.5 Å². The number of aromatic nitrogens is 1. The molecular formula is C29H32F4N6O5. The number of aromatic amines is 1. The molecule has 0 saturated carbocycles. The first-order chi connectivity index (χ1) is 20.7. The van der Waals surface area contributed by atoms with Crippen LogP contribution in [-0.4, -0.2) is 59.7 Å². The number of halogens is 4. The number of rotatable bonds is 13. The van der Waals surface area contributed by atoms with Crippen LogP contribution in [0.15, 0.2) is 48.7 Å². The molecule has 1 aromatic heterocycles. The van der Waals surface area contributed by atoms with E-state index >= 15 is 0 Å². The molecule has 0 fully saturated rings. The minimum atomic E-state index is -4.94. The Morgan fingerprint density at radius 1 is 0.955 bits per heavy atom. The lowest BCUT2D eigenvalue weighted by molar-refractivity contribution is -0.138. The van der Waals surface area contributed by atoms with Gasteiger partial charge in [-0.25, -0.2) is 4.39 Å². The predicted octanol–water partition coefficient (Wildman–Crippen LogP) is 1.92. The molecule has 5 amide bonds. The lowest BCUT2D eigenvalue weighted by Gasteiger charge is -2.23. The quantitative estimate of drug-likeness (QED) is 0.160. The van der Waals surface area contributed by atoms with Crippen LogP contribution in [0.2, 0.25) is 0 Å². The number of primary amides is 1. The number of H-pyrrole nitrogens is 1. The van der Waals surface area contributed by atoms with E-state index in [1.165, 1.54) is 13.8 Å². The van der Waals surface area contributed by atoms with Crippen molar-refractivity contribution in [2.75, 3.05) is 13.1 Å². The van der Waals surface area contributed by atoms with E-state index in [1.54, 1.807) is 6.20 Å². The molecule has 0 saturated heterocycles. The molecule has 2 aromatic carbocycles. The van der Waals surface area contributed by atoms with Gasteiger partial charge in [-0.15, -0.1) is 0 Å². The molecule has 0 spiro atoms. The number of nitrogens with two attached hydrogens (primary N) is 1. The van der Waals surface area contributed by atoms with Crippen LogP contribution in [0.4, 0.5) is 17.6 Å². The highest BCUT2D eigenvalue weighted by Gasteiger charge is 2.36. The van der Waals surface area contributed by atoms with E-state index < -0.39 is 77.2 Å². The number of benzene rings is 2. The maximum Gasteiger partial charge on any atom is 0.417 e.